The Hall–Kier alpha value is -3.41. The lowest BCUT2D eigenvalue weighted by Gasteiger charge is -2.17. The molecule has 0 aliphatic rings. The van der Waals surface area contributed by atoms with Gasteiger partial charge < -0.3 is 14.0 Å². The molecule has 0 atom stereocenters. The van der Waals surface area contributed by atoms with Crippen molar-refractivity contribution in [3.05, 3.63) is 71.7 Å². The number of methoxy groups -OCH3 is 1. The van der Waals surface area contributed by atoms with Crippen LogP contribution in [-0.2, 0) is 32.0 Å². The Morgan fingerprint density at radius 3 is 2.68 bits per heavy atom. The zero-order chi connectivity index (χ0) is 22.4. The zero-order valence-corrected chi connectivity index (χ0v) is 18.4. The molecule has 0 saturated carbocycles. The second-order valence-electron chi connectivity index (χ2n) is 8.36. The lowest BCUT2D eigenvalue weighted by molar-refractivity contribution is -0.148. The molecule has 0 N–H and O–H groups in total. The molecule has 0 fully saturated rings. The Kier molecular flexibility index (Phi) is 6.90. The van der Waals surface area contributed by atoms with E-state index in [-0.39, 0.29) is 11.9 Å². The quantitative estimate of drug-likeness (QED) is 0.414. The maximum atomic E-state index is 12.0. The molecule has 3 aromatic rings. The number of aryl methyl sites for hydroxylation is 1. The molecule has 2 heterocycles. The first-order chi connectivity index (χ1) is 14.7. The van der Waals surface area contributed by atoms with Crippen LogP contribution >= 0.6 is 0 Å². The molecule has 0 amide bonds. The number of ether oxygens (including phenoxy) is 2. The number of carbonyl (C=O) groups is 2. The number of benzene rings is 1. The third-order valence-electron chi connectivity index (χ3n) is 4.71. The average molecular weight is 421 g/mol. The first-order valence-corrected chi connectivity index (χ1v) is 10.2. The van der Waals surface area contributed by atoms with E-state index in [1.807, 2.05) is 51.2 Å². The molecule has 0 aliphatic heterocycles. The molecule has 31 heavy (non-hydrogen) atoms. The third kappa shape index (κ3) is 6.28. The van der Waals surface area contributed by atoms with Crippen LogP contribution in [0.15, 0.2) is 55.0 Å². The molecule has 2 aromatic heterocycles. The topological polar surface area (TPSA) is 70.4 Å². The van der Waals surface area contributed by atoms with Gasteiger partial charge in [-0.15, -0.1) is 0 Å². The molecular formula is C25H28N2O4. The standard InChI is InChI=1S/C25H28N2O4/c1-25(2,3)31-24(29)10-8-18-7-9-22-21(15-18)20(14-19-6-5-12-26-16-19)17-27(22)13-11-23(28)30-4/h5-10,12,15-17H,11,13-14H2,1-4H3/b10-8+. The molecule has 0 aliphatic carbocycles. The molecule has 162 valence electrons. The Labute approximate surface area is 182 Å². The van der Waals surface area contributed by atoms with Crippen molar-refractivity contribution in [2.24, 2.45) is 0 Å². The van der Waals surface area contributed by atoms with Crippen molar-refractivity contribution in [3.63, 3.8) is 0 Å². The van der Waals surface area contributed by atoms with Crippen LogP contribution in [-0.4, -0.2) is 34.2 Å². The number of aromatic nitrogens is 2. The monoisotopic (exact) mass is 420 g/mol. The van der Waals surface area contributed by atoms with Crippen LogP contribution in [0.1, 0.15) is 43.9 Å². The van der Waals surface area contributed by atoms with Gasteiger partial charge in [-0.2, -0.15) is 0 Å². The Bertz CT molecular complexity index is 1090. The number of hydrogen-bond acceptors (Lipinski definition) is 5. The highest BCUT2D eigenvalue weighted by molar-refractivity contribution is 5.90. The van der Waals surface area contributed by atoms with Crippen molar-refractivity contribution in [2.75, 3.05) is 7.11 Å². The first kappa shape index (κ1) is 22.3. The van der Waals surface area contributed by atoms with Crippen LogP contribution < -0.4 is 0 Å². The Morgan fingerprint density at radius 1 is 1.19 bits per heavy atom. The van der Waals surface area contributed by atoms with Crippen molar-refractivity contribution in [1.82, 2.24) is 9.55 Å². The second kappa shape index (κ2) is 9.60. The van der Waals surface area contributed by atoms with E-state index >= 15 is 0 Å². The van der Waals surface area contributed by atoms with Crippen LogP contribution in [0, 0.1) is 0 Å². The maximum absolute atomic E-state index is 12.0. The number of esters is 2. The van der Waals surface area contributed by atoms with Gasteiger partial charge in [-0.25, -0.2) is 4.79 Å². The predicted molar refractivity (Wildman–Crippen MR) is 120 cm³/mol. The predicted octanol–water partition coefficient (Wildman–Crippen LogP) is 4.55. The molecule has 0 radical (unpaired) electrons. The van der Waals surface area contributed by atoms with Crippen LogP contribution in [0.25, 0.3) is 17.0 Å². The van der Waals surface area contributed by atoms with Gasteiger partial charge in [0, 0.05) is 48.5 Å². The SMILES string of the molecule is COC(=O)CCn1cc(Cc2cccnc2)c2cc(/C=C/C(=O)OC(C)(C)C)ccc21. The summed E-state index contributed by atoms with van der Waals surface area (Å²) < 4.78 is 12.2. The molecule has 0 saturated heterocycles. The highest BCUT2D eigenvalue weighted by atomic mass is 16.6. The van der Waals surface area contributed by atoms with E-state index in [4.69, 9.17) is 9.47 Å². The highest BCUT2D eigenvalue weighted by Crippen LogP contribution is 2.26. The number of carbonyl (C=O) groups excluding carboxylic acids is 2. The van der Waals surface area contributed by atoms with Crippen LogP contribution in [0.2, 0.25) is 0 Å². The second-order valence-corrected chi connectivity index (χ2v) is 8.36. The number of fused-ring (bicyclic) bond motifs is 1. The molecule has 6 nitrogen and oxygen atoms in total. The summed E-state index contributed by atoms with van der Waals surface area (Å²) in [5, 5.41) is 1.07. The largest absolute Gasteiger partial charge is 0.469 e. The van der Waals surface area contributed by atoms with Gasteiger partial charge in [-0.1, -0.05) is 12.1 Å². The zero-order valence-electron chi connectivity index (χ0n) is 18.4. The third-order valence-corrected chi connectivity index (χ3v) is 4.71. The summed E-state index contributed by atoms with van der Waals surface area (Å²) in [6.07, 6.45) is 9.89. The van der Waals surface area contributed by atoms with E-state index in [1.165, 1.54) is 13.2 Å². The van der Waals surface area contributed by atoms with Gasteiger partial charge in [-0.05, 0) is 61.7 Å². The molecule has 3 rings (SSSR count). The van der Waals surface area contributed by atoms with Crippen LogP contribution in [0.5, 0.6) is 0 Å². The van der Waals surface area contributed by atoms with E-state index in [0.717, 1.165) is 34.0 Å². The first-order valence-electron chi connectivity index (χ1n) is 10.2. The van der Waals surface area contributed by atoms with E-state index < -0.39 is 5.60 Å². The van der Waals surface area contributed by atoms with Gasteiger partial charge >= 0.3 is 11.9 Å². The average Bonchev–Trinajstić information content (AvgIpc) is 3.06. The summed E-state index contributed by atoms with van der Waals surface area (Å²) in [5.41, 5.74) is 3.62. The minimum atomic E-state index is -0.529. The van der Waals surface area contributed by atoms with Crippen LogP contribution in [0.4, 0.5) is 0 Å². The van der Waals surface area contributed by atoms with Crippen molar-refractivity contribution in [2.45, 2.75) is 45.8 Å². The molecule has 0 bridgehead atoms. The fourth-order valence-electron chi connectivity index (χ4n) is 3.35. The molecule has 6 heteroatoms. The Morgan fingerprint density at radius 2 is 2.00 bits per heavy atom. The van der Waals surface area contributed by atoms with Gasteiger partial charge in [0.05, 0.1) is 13.5 Å². The number of pyridine rings is 1. The summed E-state index contributed by atoms with van der Waals surface area (Å²) in [4.78, 5) is 27.8. The smallest absolute Gasteiger partial charge is 0.331 e. The van der Waals surface area contributed by atoms with E-state index in [2.05, 4.69) is 21.8 Å². The van der Waals surface area contributed by atoms with E-state index in [9.17, 15) is 9.59 Å². The lowest BCUT2D eigenvalue weighted by atomic mass is 10.0. The highest BCUT2D eigenvalue weighted by Gasteiger charge is 2.14. The van der Waals surface area contributed by atoms with Crippen molar-refractivity contribution < 1.29 is 19.1 Å². The normalized spacial score (nSPS) is 11.7. The maximum Gasteiger partial charge on any atom is 0.331 e. The van der Waals surface area contributed by atoms with Crippen molar-refractivity contribution in [3.8, 4) is 0 Å². The lowest BCUT2D eigenvalue weighted by Crippen LogP contribution is -2.22. The molecule has 0 spiro atoms. The summed E-state index contributed by atoms with van der Waals surface area (Å²) >= 11 is 0. The minimum Gasteiger partial charge on any atom is -0.469 e. The minimum absolute atomic E-state index is 0.243. The summed E-state index contributed by atoms with van der Waals surface area (Å²) in [6, 6.07) is 9.97. The van der Waals surface area contributed by atoms with Gasteiger partial charge in [0.1, 0.15) is 5.60 Å². The summed E-state index contributed by atoms with van der Waals surface area (Å²) in [6.45, 7) is 6.05. The van der Waals surface area contributed by atoms with Gasteiger partial charge in [0.25, 0.3) is 0 Å². The fraction of sp³-hybridized carbons (Fsp3) is 0.320. The van der Waals surface area contributed by atoms with Crippen LogP contribution in [0.3, 0.4) is 0 Å². The van der Waals surface area contributed by atoms with Gasteiger partial charge in [0.15, 0.2) is 0 Å². The van der Waals surface area contributed by atoms with E-state index in [0.29, 0.717) is 13.0 Å². The van der Waals surface area contributed by atoms with Gasteiger partial charge in [-0.3, -0.25) is 9.78 Å². The molecular weight excluding hydrogens is 392 g/mol. The summed E-state index contributed by atoms with van der Waals surface area (Å²) in [7, 11) is 1.40. The van der Waals surface area contributed by atoms with E-state index in [1.54, 1.807) is 12.3 Å². The number of nitrogens with zero attached hydrogens (tertiary/aromatic N) is 2. The number of hydrogen-bond donors (Lipinski definition) is 0. The van der Waals surface area contributed by atoms with Crippen molar-refractivity contribution in [1.29, 1.82) is 0 Å². The number of rotatable bonds is 7. The fourth-order valence-corrected chi connectivity index (χ4v) is 3.35. The molecule has 1 aromatic carbocycles. The summed E-state index contributed by atoms with van der Waals surface area (Å²) in [5.74, 6) is -0.619. The van der Waals surface area contributed by atoms with Gasteiger partial charge in [0.2, 0.25) is 0 Å². The Balaban J connectivity index is 1.92. The molecule has 0 unspecified atom stereocenters. The van der Waals surface area contributed by atoms with Crippen molar-refractivity contribution >= 4 is 28.9 Å².